The minimum atomic E-state index is 0. The van der Waals surface area contributed by atoms with E-state index in [1.165, 1.54) is 22.0 Å². The molecule has 7 nitrogen and oxygen atoms in total. The van der Waals surface area contributed by atoms with Gasteiger partial charge in [0.2, 0.25) is 0 Å². The lowest BCUT2D eigenvalue weighted by Crippen LogP contribution is -2.38. The Bertz CT molecular complexity index is 850. The highest BCUT2D eigenvalue weighted by atomic mass is 127. The predicted octanol–water partition coefficient (Wildman–Crippen LogP) is 2.13. The fourth-order valence-corrected chi connectivity index (χ4v) is 2.67. The highest BCUT2D eigenvalue weighted by molar-refractivity contribution is 14.0. The smallest absolute Gasteiger partial charge is 0.191 e. The van der Waals surface area contributed by atoms with Crippen LogP contribution in [0.4, 0.5) is 0 Å². The molecule has 3 aromatic rings. The number of aryl methyl sites for hydroxylation is 2. The lowest BCUT2D eigenvalue weighted by Gasteiger charge is -2.11. The Labute approximate surface area is 164 Å². The van der Waals surface area contributed by atoms with Gasteiger partial charge < -0.3 is 20.2 Å². The largest absolute Gasteiger partial charge is 0.361 e. The van der Waals surface area contributed by atoms with Crippen molar-refractivity contribution in [3.05, 3.63) is 47.7 Å². The number of nitrogens with zero attached hydrogens (tertiary/aromatic N) is 4. The van der Waals surface area contributed by atoms with E-state index < -0.39 is 0 Å². The summed E-state index contributed by atoms with van der Waals surface area (Å²) in [6, 6.07) is 6.50. The zero-order valence-electron chi connectivity index (χ0n) is 14.7. The number of H-pyrrole nitrogens is 1. The summed E-state index contributed by atoms with van der Waals surface area (Å²) in [7, 11) is 3.69. The van der Waals surface area contributed by atoms with E-state index in [9.17, 15) is 0 Å². The second-order valence-electron chi connectivity index (χ2n) is 5.82. The van der Waals surface area contributed by atoms with Gasteiger partial charge in [-0.2, -0.15) is 0 Å². The summed E-state index contributed by atoms with van der Waals surface area (Å²) in [6.45, 7) is 3.50. The Hall–Kier alpha value is -2.10. The SMILES string of the molecule is CN=C(NCCc1c[nH]c2cc(C)ccc12)NCc1nncn1C.I. The van der Waals surface area contributed by atoms with Crippen molar-refractivity contribution in [2.45, 2.75) is 19.9 Å². The van der Waals surface area contributed by atoms with Crippen molar-refractivity contribution < 1.29 is 0 Å². The van der Waals surface area contributed by atoms with Crippen molar-refractivity contribution in [2.24, 2.45) is 12.0 Å². The predicted molar refractivity (Wildman–Crippen MR) is 111 cm³/mol. The van der Waals surface area contributed by atoms with Gasteiger partial charge in [-0.3, -0.25) is 4.99 Å². The molecule has 0 fully saturated rings. The third kappa shape index (κ3) is 4.71. The summed E-state index contributed by atoms with van der Waals surface area (Å²) in [5.74, 6) is 1.62. The van der Waals surface area contributed by atoms with Crippen molar-refractivity contribution in [3.8, 4) is 0 Å². The van der Waals surface area contributed by atoms with Crippen molar-refractivity contribution in [1.82, 2.24) is 30.4 Å². The highest BCUT2D eigenvalue weighted by Gasteiger charge is 2.05. The number of aromatic amines is 1. The van der Waals surface area contributed by atoms with Crippen molar-refractivity contribution in [2.75, 3.05) is 13.6 Å². The van der Waals surface area contributed by atoms with Gasteiger partial charge in [-0.1, -0.05) is 12.1 Å². The number of nitrogens with one attached hydrogen (secondary N) is 3. The molecule has 1 aromatic carbocycles. The number of hydrogen-bond donors (Lipinski definition) is 3. The molecule has 0 aliphatic carbocycles. The normalized spacial score (nSPS) is 11.4. The second kappa shape index (κ2) is 8.84. The van der Waals surface area contributed by atoms with Gasteiger partial charge in [0, 0.05) is 37.7 Å². The maximum Gasteiger partial charge on any atom is 0.191 e. The molecule has 134 valence electrons. The molecule has 2 heterocycles. The summed E-state index contributed by atoms with van der Waals surface area (Å²) in [6.07, 6.45) is 4.70. The summed E-state index contributed by atoms with van der Waals surface area (Å²) < 4.78 is 1.88. The molecule has 3 N–H and O–H groups in total. The minimum absolute atomic E-state index is 0. The number of hydrogen-bond acceptors (Lipinski definition) is 3. The fourth-order valence-electron chi connectivity index (χ4n) is 2.67. The molecule has 2 aromatic heterocycles. The van der Waals surface area contributed by atoms with Crippen LogP contribution in [0.25, 0.3) is 10.9 Å². The molecule has 0 saturated heterocycles. The van der Waals surface area contributed by atoms with E-state index in [1.807, 2.05) is 11.6 Å². The number of benzene rings is 1. The van der Waals surface area contributed by atoms with Crippen LogP contribution in [0.5, 0.6) is 0 Å². The van der Waals surface area contributed by atoms with E-state index >= 15 is 0 Å². The van der Waals surface area contributed by atoms with Crippen molar-refractivity contribution in [3.63, 3.8) is 0 Å². The lowest BCUT2D eigenvalue weighted by molar-refractivity contribution is 0.724. The molecule has 3 rings (SSSR count). The van der Waals surface area contributed by atoms with Crippen LogP contribution >= 0.6 is 24.0 Å². The Morgan fingerprint density at radius 2 is 2.16 bits per heavy atom. The summed E-state index contributed by atoms with van der Waals surface area (Å²) in [4.78, 5) is 7.58. The van der Waals surface area contributed by atoms with Gasteiger partial charge in [0.05, 0.1) is 6.54 Å². The summed E-state index contributed by atoms with van der Waals surface area (Å²) in [5.41, 5.74) is 3.76. The van der Waals surface area contributed by atoms with Crippen molar-refractivity contribution >= 4 is 40.8 Å². The first kappa shape index (κ1) is 19.2. The Morgan fingerprint density at radius 1 is 1.32 bits per heavy atom. The first-order valence-electron chi connectivity index (χ1n) is 8.01. The molecule has 0 radical (unpaired) electrons. The number of aliphatic imine (C=N–C) groups is 1. The van der Waals surface area contributed by atoms with Gasteiger partial charge in [0.25, 0.3) is 0 Å². The maximum absolute atomic E-state index is 4.24. The first-order chi connectivity index (χ1) is 11.7. The van der Waals surface area contributed by atoms with Gasteiger partial charge >= 0.3 is 0 Å². The first-order valence-corrected chi connectivity index (χ1v) is 8.01. The van der Waals surface area contributed by atoms with E-state index in [0.29, 0.717) is 6.54 Å². The summed E-state index contributed by atoms with van der Waals surface area (Å²) >= 11 is 0. The monoisotopic (exact) mass is 453 g/mol. The number of aromatic nitrogens is 4. The summed E-state index contributed by atoms with van der Waals surface area (Å²) in [5, 5.41) is 15.8. The van der Waals surface area contributed by atoms with E-state index in [4.69, 9.17) is 0 Å². The molecule has 0 saturated carbocycles. The van der Waals surface area contributed by atoms with Gasteiger partial charge in [-0.05, 0) is 30.5 Å². The Morgan fingerprint density at radius 3 is 2.88 bits per heavy atom. The van der Waals surface area contributed by atoms with Crippen LogP contribution in [-0.2, 0) is 20.0 Å². The van der Waals surface area contributed by atoms with E-state index in [2.05, 4.69) is 62.1 Å². The maximum atomic E-state index is 4.24. The molecule has 8 heteroatoms. The molecule has 0 aliphatic rings. The van der Waals surface area contributed by atoms with Crippen LogP contribution < -0.4 is 10.6 Å². The Kier molecular flexibility index (Phi) is 6.80. The standard InChI is InChI=1S/C17H23N7.HI/c1-12-4-5-14-13(9-20-15(14)8-12)6-7-19-17(18-2)21-10-16-23-22-11-24(16)3;/h4-5,8-9,11,20H,6-7,10H2,1-3H3,(H2,18,19,21);1H. The highest BCUT2D eigenvalue weighted by Crippen LogP contribution is 2.19. The average molecular weight is 453 g/mol. The molecule has 0 bridgehead atoms. The average Bonchev–Trinajstić information content (AvgIpc) is 3.16. The number of fused-ring (bicyclic) bond motifs is 1. The molecule has 0 aliphatic heterocycles. The fraction of sp³-hybridized carbons (Fsp3) is 0.353. The van der Waals surface area contributed by atoms with Crippen LogP contribution in [-0.4, -0.2) is 39.3 Å². The quantitative estimate of drug-likeness (QED) is 0.314. The molecular weight excluding hydrogens is 429 g/mol. The topological polar surface area (TPSA) is 82.9 Å². The van der Waals surface area contributed by atoms with Crippen LogP contribution in [0.1, 0.15) is 17.0 Å². The third-order valence-electron chi connectivity index (χ3n) is 4.05. The van der Waals surface area contributed by atoms with Crippen molar-refractivity contribution in [1.29, 1.82) is 0 Å². The molecule has 0 amide bonds. The van der Waals surface area contributed by atoms with Gasteiger partial charge in [0.1, 0.15) is 6.33 Å². The van der Waals surface area contributed by atoms with Crippen LogP contribution in [0.2, 0.25) is 0 Å². The van der Waals surface area contributed by atoms with E-state index in [-0.39, 0.29) is 24.0 Å². The van der Waals surface area contributed by atoms with Gasteiger partial charge in [0.15, 0.2) is 11.8 Å². The van der Waals surface area contributed by atoms with Gasteiger partial charge in [-0.15, -0.1) is 34.2 Å². The molecular formula is C17H24IN7. The van der Waals surface area contributed by atoms with E-state index in [0.717, 1.165) is 24.7 Å². The zero-order valence-corrected chi connectivity index (χ0v) is 17.0. The van der Waals surface area contributed by atoms with E-state index in [1.54, 1.807) is 13.4 Å². The third-order valence-corrected chi connectivity index (χ3v) is 4.05. The molecule has 0 unspecified atom stereocenters. The molecule has 0 spiro atoms. The van der Waals surface area contributed by atoms with Gasteiger partial charge in [-0.25, -0.2) is 0 Å². The zero-order chi connectivity index (χ0) is 16.9. The second-order valence-corrected chi connectivity index (χ2v) is 5.82. The van der Waals surface area contributed by atoms with Crippen LogP contribution in [0.3, 0.4) is 0 Å². The number of halogens is 1. The Balaban J connectivity index is 0.00000225. The lowest BCUT2D eigenvalue weighted by atomic mass is 10.1. The number of guanidine groups is 1. The minimum Gasteiger partial charge on any atom is -0.361 e. The molecule has 25 heavy (non-hydrogen) atoms. The van der Waals surface area contributed by atoms with Crippen LogP contribution in [0.15, 0.2) is 35.7 Å². The van der Waals surface area contributed by atoms with Crippen LogP contribution in [0, 0.1) is 6.92 Å². The number of rotatable bonds is 5. The molecule has 0 atom stereocenters.